The molecule has 0 unspecified atom stereocenters. The standard InChI is InChI=1S/C24H28N2O4/c1-24(2,3)26(22(27)12-16-6-9-19(29-4)10-7-16)15-18-13-17-8-11-20(30-5)14-21(17)25-23(18)28/h6-11,13-14H,12,15H2,1-5H3,(H,25,28). The highest BCUT2D eigenvalue weighted by Gasteiger charge is 2.27. The molecule has 0 aliphatic carbocycles. The van der Waals surface area contributed by atoms with Gasteiger partial charge in [-0.1, -0.05) is 12.1 Å². The fourth-order valence-corrected chi connectivity index (χ4v) is 3.35. The Morgan fingerprint density at radius 3 is 2.20 bits per heavy atom. The van der Waals surface area contributed by atoms with E-state index in [0.29, 0.717) is 16.8 Å². The van der Waals surface area contributed by atoms with Gasteiger partial charge in [-0.25, -0.2) is 0 Å². The van der Waals surface area contributed by atoms with Crippen molar-refractivity contribution in [3.05, 3.63) is 70.0 Å². The molecule has 0 atom stereocenters. The highest BCUT2D eigenvalue weighted by molar-refractivity contribution is 5.81. The molecule has 0 radical (unpaired) electrons. The number of aromatic amines is 1. The summed E-state index contributed by atoms with van der Waals surface area (Å²) in [7, 11) is 3.20. The maximum absolute atomic E-state index is 13.1. The molecule has 0 saturated heterocycles. The van der Waals surface area contributed by atoms with Crippen molar-refractivity contribution in [1.82, 2.24) is 9.88 Å². The molecule has 1 amide bonds. The summed E-state index contributed by atoms with van der Waals surface area (Å²) < 4.78 is 10.4. The van der Waals surface area contributed by atoms with Crippen LogP contribution in [0.5, 0.6) is 11.5 Å². The lowest BCUT2D eigenvalue weighted by Crippen LogP contribution is -2.46. The number of methoxy groups -OCH3 is 2. The quantitative estimate of drug-likeness (QED) is 0.671. The van der Waals surface area contributed by atoms with Crippen LogP contribution < -0.4 is 15.0 Å². The molecule has 0 fully saturated rings. The van der Waals surface area contributed by atoms with Crippen LogP contribution in [0.25, 0.3) is 10.9 Å². The first-order valence-corrected chi connectivity index (χ1v) is 9.84. The Labute approximate surface area is 176 Å². The first-order chi connectivity index (χ1) is 14.2. The molecule has 0 aliphatic rings. The Morgan fingerprint density at radius 1 is 0.967 bits per heavy atom. The van der Waals surface area contributed by atoms with Crippen LogP contribution in [0, 0.1) is 0 Å². The van der Waals surface area contributed by atoms with Crippen LogP contribution in [-0.4, -0.2) is 35.5 Å². The van der Waals surface area contributed by atoms with E-state index < -0.39 is 5.54 Å². The molecule has 3 aromatic rings. The predicted molar refractivity (Wildman–Crippen MR) is 118 cm³/mol. The number of nitrogens with one attached hydrogen (secondary N) is 1. The number of ether oxygens (including phenoxy) is 2. The van der Waals surface area contributed by atoms with Gasteiger partial charge in [0.05, 0.1) is 32.7 Å². The van der Waals surface area contributed by atoms with Crippen molar-refractivity contribution in [3.63, 3.8) is 0 Å². The van der Waals surface area contributed by atoms with Gasteiger partial charge in [0.25, 0.3) is 5.56 Å². The second-order valence-corrected chi connectivity index (χ2v) is 8.25. The van der Waals surface area contributed by atoms with Crippen LogP contribution in [0.2, 0.25) is 0 Å². The summed E-state index contributed by atoms with van der Waals surface area (Å²) in [6, 6.07) is 14.8. The molecule has 6 heteroatoms. The van der Waals surface area contributed by atoms with E-state index in [9.17, 15) is 9.59 Å². The van der Waals surface area contributed by atoms with Gasteiger partial charge in [0.1, 0.15) is 11.5 Å². The van der Waals surface area contributed by atoms with Crippen molar-refractivity contribution in [2.45, 2.75) is 39.3 Å². The summed E-state index contributed by atoms with van der Waals surface area (Å²) in [6.45, 7) is 6.15. The topological polar surface area (TPSA) is 71.6 Å². The van der Waals surface area contributed by atoms with Crippen LogP contribution in [0.3, 0.4) is 0 Å². The van der Waals surface area contributed by atoms with Crippen LogP contribution in [-0.2, 0) is 17.8 Å². The minimum atomic E-state index is -0.440. The number of fused-ring (bicyclic) bond motifs is 1. The third-order valence-corrected chi connectivity index (χ3v) is 5.08. The molecule has 1 aromatic heterocycles. The number of amides is 1. The molecule has 2 aromatic carbocycles. The number of aromatic nitrogens is 1. The monoisotopic (exact) mass is 408 g/mol. The summed E-state index contributed by atoms with van der Waals surface area (Å²) in [6.07, 6.45) is 0.254. The second kappa shape index (κ2) is 8.61. The van der Waals surface area contributed by atoms with Gasteiger partial charge in [-0.15, -0.1) is 0 Å². The van der Waals surface area contributed by atoms with Crippen molar-refractivity contribution in [1.29, 1.82) is 0 Å². The number of rotatable bonds is 6. The van der Waals surface area contributed by atoms with Crippen LogP contribution in [0.15, 0.2) is 53.3 Å². The lowest BCUT2D eigenvalue weighted by atomic mass is 10.0. The van der Waals surface area contributed by atoms with Gasteiger partial charge in [-0.05, 0) is 62.1 Å². The zero-order valence-corrected chi connectivity index (χ0v) is 18.1. The van der Waals surface area contributed by atoms with E-state index in [2.05, 4.69) is 4.98 Å². The SMILES string of the molecule is COc1ccc(CC(=O)N(Cc2cc3ccc(OC)cc3[nH]c2=O)C(C)(C)C)cc1. The maximum atomic E-state index is 13.1. The van der Waals surface area contributed by atoms with E-state index >= 15 is 0 Å². The van der Waals surface area contributed by atoms with Crippen molar-refractivity contribution in [2.24, 2.45) is 0 Å². The second-order valence-electron chi connectivity index (χ2n) is 8.25. The normalized spacial score (nSPS) is 11.4. The third kappa shape index (κ3) is 4.82. The molecule has 1 N–H and O–H groups in total. The average Bonchev–Trinajstić information content (AvgIpc) is 2.71. The number of carbonyl (C=O) groups is 1. The number of hydrogen-bond donors (Lipinski definition) is 1. The number of carbonyl (C=O) groups excluding carboxylic acids is 1. The molecule has 6 nitrogen and oxygen atoms in total. The Bertz CT molecular complexity index is 1090. The number of H-pyrrole nitrogens is 1. The van der Waals surface area contributed by atoms with Gasteiger partial charge < -0.3 is 19.4 Å². The number of benzene rings is 2. The Balaban J connectivity index is 1.88. The number of pyridine rings is 1. The van der Waals surface area contributed by atoms with Crippen molar-refractivity contribution in [3.8, 4) is 11.5 Å². The summed E-state index contributed by atoms with van der Waals surface area (Å²) in [5.41, 5.74) is 1.50. The Hall–Kier alpha value is -3.28. The molecule has 0 aliphatic heterocycles. The third-order valence-electron chi connectivity index (χ3n) is 5.08. The smallest absolute Gasteiger partial charge is 0.253 e. The average molecular weight is 408 g/mol. The van der Waals surface area contributed by atoms with Crippen LogP contribution in [0.1, 0.15) is 31.9 Å². The summed E-state index contributed by atoms with van der Waals surface area (Å²) >= 11 is 0. The molecule has 0 saturated carbocycles. The summed E-state index contributed by atoms with van der Waals surface area (Å²) in [5, 5.41) is 0.891. The maximum Gasteiger partial charge on any atom is 0.253 e. The molecular weight excluding hydrogens is 380 g/mol. The van der Waals surface area contributed by atoms with Gasteiger partial charge in [-0.2, -0.15) is 0 Å². The van der Waals surface area contributed by atoms with Crippen molar-refractivity contribution < 1.29 is 14.3 Å². The molecule has 1 heterocycles. The van der Waals surface area contributed by atoms with Crippen molar-refractivity contribution >= 4 is 16.8 Å². The van der Waals surface area contributed by atoms with E-state index in [-0.39, 0.29) is 24.4 Å². The zero-order chi connectivity index (χ0) is 21.9. The van der Waals surface area contributed by atoms with Crippen molar-refractivity contribution in [2.75, 3.05) is 14.2 Å². The van der Waals surface area contributed by atoms with E-state index in [1.165, 1.54) is 0 Å². The van der Waals surface area contributed by atoms with Gasteiger partial charge in [0.15, 0.2) is 0 Å². The minimum Gasteiger partial charge on any atom is -0.497 e. The molecule has 158 valence electrons. The highest BCUT2D eigenvalue weighted by Crippen LogP contribution is 2.22. The first-order valence-electron chi connectivity index (χ1n) is 9.84. The zero-order valence-electron chi connectivity index (χ0n) is 18.1. The molecule has 0 bridgehead atoms. The van der Waals surface area contributed by atoms with E-state index in [4.69, 9.17) is 9.47 Å². The van der Waals surface area contributed by atoms with Gasteiger partial charge in [0.2, 0.25) is 5.91 Å². The lowest BCUT2D eigenvalue weighted by molar-refractivity contribution is -0.136. The number of hydrogen-bond acceptors (Lipinski definition) is 4. The minimum absolute atomic E-state index is 0.0399. The Morgan fingerprint density at radius 2 is 1.60 bits per heavy atom. The van der Waals surface area contributed by atoms with Gasteiger partial charge >= 0.3 is 0 Å². The fourth-order valence-electron chi connectivity index (χ4n) is 3.35. The molecule has 30 heavy (non-hydrogen) atoms. The molecule has 0 spiro atoms. The largest absolute Gasteiger partial charge is 0.497 e. The first kappa shape index (κ1) is 21.4. The number of nitrogens with zero attached hydrogens (tertiary/aromatic N) is 1. The molecular formula is C24H28N2O4. The van der Waals surface area contributed by atoms with E-state index in [1.807, 2.05) is 63.2 Å². The Kier molecular flexibility index (Phi) is 6.15. The van der Waals surface area contributed by atoms with Crippen LogP contribution >= 0.6 is 0 Å². The fraction of sp³-hybridized carbons (Fsp3) is 0.333. The van der Waals surface area contributed by atoms with Crippen LogP contribution in [0.4, 0.5) is 0 Å². The van der Waals surface area contributed by atoms with Gasteiger partial charge in [-0.3, -0.25) is 9.59 Å². The summed E-state index contributed by atoms with van der Waals surface area (Å²) in [4.78, 5) is 30.5. The van der Waals surface area contributed by atoms with E-state index in [0.717, 1.165) is 16.7 Å². The highest BCUT2D eigenvalue weighted by atomic mass is 16.5. The van der Waals surface area contributed by atoms with E-state index in [1.54, 1.807) is 25.2 Å². The summed E-state index contributed by atoms with van der Waals surface area (Å²) in [5.74, 6) is 1.39. The van der Waals surface area contributed by atoms with Gasteiger partial charge in [0, 0.05) is 17.2 Å². The predicted octanol–water partition coefficient (Wildman–Crippen LogP) is 3.92. The lowest BCUT2D eigenvalue weighted by Gasteiger charge is -2.36. The molecule has 3 rings (SSSR count).